The number of carbonyl (C=O) groups is 1. The van der Waals surface area contributed by atoms with Crippen LogP contribution in [-0.2, 0) is 6.42 Å². The van der Waals surface area contributed by atoms with Crippen LogP contribution < -0.4 is 5.32 Å². The van der Waals surface area contributed by atoms with E-state index in [0.29, 0.717) is 17.5 Å². The van der Waals surface area contributed by atoms with Crippen LogP contribution in [0.3, 0.4) is 0 Å². The normalized spacial score (nSPS) is 11.9. The Morgan fingerprint density at radius 1 is 1.38 bits per heavy atom. The summed E-state index contributed by atoms with van der Waals surface area (Å²) in [5, 5.41) is 14.2. The summed E-state index contributed by atoms with van der Waals surface area (Å²) in [6, 6.07) is 8.64. The summed E-state index contributed by atoms with van der Waals surface area (Å²) in [5.74, 6) is 0. The second-order valence-corrected chi connectivity index (χ2v) is 6.29. The number of benzene rings is 1. The Kier molecular flexibility index (Phi) is 4.70. The van der Waals surface area contributed by atoms with Crippen molar-refractivity contribution in [1.82, 2.24) is 0 Å². The summed E-state index contributed by atoms with van der Waals surface area (Å²) in [5.41, 5.74) is 0.661. The van der Waals surface area contributed by atoms with Gasteiger partial charge in [-0.15, -0.1) is 11.3 Å². The molecule has 0 aliphatic heterocycles. The van der Waals surface area contributed by atoms with Gasteiger partial charge in [0.05, 0.1) is 4.92 Å². The molecule has 5 nitrogen and oxygen atoms in total. The number of nitrogens with zero attached hydrogens (tertiary/aromatic N) is 1. The first-order valence-electron chi connectivity index (χ1n) is 6.55. The SMILES string of the molecule is Cc1ccc(CC(C)Nc2ccc(C=O)cc2[N+](=O)[O-])s1. The van der Waals surface area contributed by atoms with Gasteiger partial charge < -0.3 is 5.32 Å². The van der Waals surface area contributed by atoms with Gasteiger partial charge in [0, 0.05) is 33.8 Å². The smallest absolute Gasteiger partial charge is 0.293 e. The zero-order valence-corrected chi connectivity index (χ0v) is 12.6. The number of hydrogen-bond donors (Lipinski definition) is 1. The monoisotopic (exact) mass is 304 g/mol. The van der Waals surface area contributed by atoms with Crippen molar-refractivity contribution >= 4 is 29.0 Å². The third kappa shape index (κ3) is 3.88. The topological polar surface area (TPSA) is 72.2 Å². The fourth-order valence-electron chi connectivity index (χ4n) is 2.11. The zero-order valence-electron chi connectivity index (χ0n) is 11.8. The number of nitro groups is 1. The first-order chi connectivity index (χ1) is 9.99. The molecule has 0 bridgehead atoms. The average molecular weight is 304 g/mol. The molecule has 0 saturated carbocycles. The molecular weight excluding hydrogens is 288 g/mol. The van der Waals surface area contributed by atoms with Gasteiger partial charge in [0.15, 0.2) is 0 Å². The molecule has 0 aliphatic carbocycles. The molecule has 2 rings (SSSR count). The summed E-state index contributed by atoms with van der Waals surface area (Å²) >= 11 is 1.72. The number of nitro benzene ring substituents is 1. The van der Waals surface area contributed by atoms with Crippen LogP contribution in [0.5, 0.6) is 0 Å². The lowest BCUT2D eigenvalue weighted by Crippen LogP contribution is -2.18. The van der Waals surface area contributed by atoms with E-state index in [1.807, 2.05) is 6.92 Å². The van der Waals surface area contributed by atoms with E-state index >= 15 is 0 Å². The Morgan fingerprint density at radius 2 is 2.14 bits per heavy atom. The van der Waals surface area contributed by atoms with Crippen molar-refractivity contribution in [3.8, 4) is 0 Å². The van der Waals surface area contributed by atoms with Crippen LogP contribution in [0, 0.1) is 17.0 Å². The molecule has 6 heteroatoms. The van der Waals surface area contributed by atoms with Crippen molar-refractivity contribution in [3.63, 3.8) is 0 Å². The Hall–Kier alpha value is -2.21. The Morgan fingerprint density at radius 3 is 2.71 bits per heavy atom. The highest BCUT2D eigenvalue weighted by Gasteiger charge is 2.16. The van der Waals surface area contributed by atoms with Gasteiger partial charge in [-0.05, 0) is 38.1 Å². The number of thiophene rings is 1. The molecule has 2 aromatic rings. The van der Waals surface area contributed by atoms with E-state index < -0.39 is 4.92 Å². The van der Waals surface area contributed by atoms with Crippen LogP contribution in [-0.4, -0.2) is 17.3 Å². The van der Waals surface area contributed by atoms with Crippen molar-refractivity contribution in [2.24, 2.45) is 0 Å². The van der Waals surface area contributed by atoms with Crippen molar-refractivity contribution in [2.75, 3.05) is 5.32 Å². The molecule has 21 heavy (non-hydrogen) atoms. The predicted octanol–water partition coefficient (Wildman–Crippen LogP) is 3.82. The van der Waals surface area contributed by atoms with Gasteiger partial charge in [-0.1, -0.05) is 0 Å². The molecular formula is C15H16N2O3S. The minimum absolute atomic E-state index is 0.0591. The van der Waals surface area contributed by atoms with Gasteiger partial charge in [0.25, 0.3) is 5.69 Å². The van der Waals surface area contributed by atoms with Crippen LogP contribution in [0.15, 0.2) is 30.3 Å². The molecule has 110 valence electrons. The largest absolute Gasteiger partial charge is 0.377 e. The number of nitrogens with one attached hydrogen (secondary N) is 1. The molecule has 0 fully saturated rings. The molecule has 0 radical (unpaired) electrons. The number of aryl methyl sites for hydroxylation is 1. The summed E-state index contributed by atoms with van der Waals surface area (Å²) in [4.78, 5) is 23.8. The maximum absolute atomic E-state index is 11.1. The highest BCUT2D eigenvalue weighted by atomic mass is 32.1. The summed E-state index contributed by atoms with van der Waals surface area (Å²) < 4.78 is 0. The van der Waals surface area contributed by atoms with Crippen molar-refractivity contribution < 1.29 is 9.72 Å². The quantitative estimate of drug-likeness (QED) is 0.500. The van der Waals surface area contributed by atoms with E-state index in [0.717, 1.165) is 6.42 Å². The van der Waals surface area contributed by atoms with Crippen LogP contribution in [0.25, 0.3) is 0 Å². The molecule has 0 spiro atoms. The minimum Gasteiger partial charge on any atom is -0.377 e. The molecule has 1 N–H and O–H groups in total. The number of hydrogen-bond acceptors (Lipinski definition) is 5. The van der Waals surface area contributed by atoms with Gasteiger partial charge in [-0.25, -0.2) is 0 Å². The number of anilines is 1. The maximum Gasteiger partial charge on any atom is 0.293 e. The third-order valence-corrected chi connectivity index (χ3v) is 4.08. The van der Waals surface area contributed by atoms with Crippen molar-refractivity contribution in [2.45, 2.75) is 26.3 Å². The predicted molar refractivity (Wildman–Crippen MR) is 84.3 cm³/mol. The summed E-state index contributed by atoms with van der Waals surface area (Å²) in [7, 11) is 0. The second kappa shape index (κ2) is 6.49. The van der Waals surface area contributed by atoms with Crippen molar-refractivity contribution in [1.29, 1.82) is 0 Å². The van der Waals surface area contributed by atoms with Gasteiger partial charge in [-0.2, -0.15) is 0 Å². The second-order valence-electron chi connectivity index (χ2n) is 4.91. The van der Waals surface area contributed by atoms with E-state index in [4.69, 9.17) is 0 Å². The Bertz CT molecular complexity index is 667. The minimum atomic E-state index is -0.475. The van der Waals surface area contributed by atoms with E-state index in [9.17, 15) is 14.9 Å². The fraction of sp³-hybridized carbons (Fsp3) is 0.267. The summed E-state index contributed by atoms with van der Waals surface area (Å²) in [6.45, 7) is 4.03. The van der Waals surface area contributed by atoms with E-state index in [1.54, 1.807) is 23.5 Å². The van der Waals surface area contributed by atoms with E-state index in [-0.39, 0.29) is 11.7 Å². The molecule has 1 aromatic heterocycles. The lowest BCUT2D eigenvalue weighted by molar-refractivity contribution is -0.384. The maximum atomic E-state index is 11.1. The average Bonchev–Trinajstić information content (AvgIpc) is 2.84. The standard InChI is InChI=1S/C15H16N2O3S/c1-10(7-13-5-3-11(2)21-13)16-14-6-4-12(9-18)8-15(14)17(19)20/h3-6,8-10,16H,7H2,1-2H3. The first-order valence-corrected chi connectivity index (χ1v) is 7.36. The van der Waals surface area contributed by atoms with Crippen LogP contribution in [0.1, 0.15) is 27.0 Å². The lowest BCUT2D eigenvalue weighted by Gasteiger charge is -2.14. The molecule has 1 unspecified atom stereocenters. The van der Waals surface area contributed by atoms with Gasteiger partial charge in [0.1, 0.15) is 12.0 Å². The molecule has 1 aromatic carbocycles. The Balaban J connectivity index is 2.14. The highest BCUT2D eigenvalue weighted by molar-refractivity contribution is 7.11. The molecule has 1 atom stereocenters. The fourth-order valence-corrected chi connectivity index (χ4v) is 3.13. The first kappa shape index (κ1) is 15.2. The third-order valence-electron chi connectivity index (χ3n) is 3.06. The molecule has 0 amide bonds. The lowest BCUT2D eigenvalue weighted by atomic mass is 10.1. The Labute approximate surface area is 126 Å². The van der Waals surface area contributed by atoms with Crippen molar-refractivity contribution in [3.05, 3.63) is 55.8 Å². The van der Waals surface area contributed by atoms with Gasteiger partial charge in [-0.3, -0.25) is 14.9 Å². The molecule has 1 heterocycles. The number of rotatable bonds is 6. The molecule has 0 saturated heterocycles. The van der Waals surface area contributed by atoms with Crippen LogP contribution >= 0.6 is 11.3 Å². The highest BCUT2D eigenvalue weighted by Crippen LogP contribution is 2.26. The molecule has 0 aliphatic rings. The van der Waals surface area contributed by atoms with Gasteiger partial charge >= 0.3 is 0 Å². The van der Waals surface area contributed by atoms with Crippen LogP contribution in [0.4, 0.5) is 11.4 Å². The van der Waals surface area contributed by atoms with E-state index in [2.05, 4.69) is 24.4 Å². The summed E-state index contributed by atoms with van der Waals surface area (Å²) in [6.07, 6.45) is 1.40. The van der Waals surface area contributed by atoms with Gasteiger partial charge in [0.2, 0.25) is 0 Å². The number of aldehydes is 1. The zero-order chi connectivity index (χ0) is 15.4. The van der Waals surface area contributed by atoms with E-state index in [1.165, 1.54) is 15.8 Å². The van der Waals surface area contributed by atoms with Crippen LogP contribution in [0.2, 0.25) is 0 Å². The number of carbonyl (C=O) groups excluding carboxylic acids is 1.